The van der Waals surface area contributed by atoms with E-state index in [9.17, 15) is 4.39 Å². The number of likely N-dealkylation sites (tertiary alicyclic amines) is 1. The molecule has 1 fully saturated rings. The first-order valence-corrected chi connectivity index (χ1v) is 6.85. The summed E-state index contributed by atoms with van der Waals surface area (Å²) in [7, 11) is 0. The van der Waals surface area contributed by atoms with Gasteiger partial charge in [0.2, 0.25) is 0 Å². The number of rotatable bonds is 3. The van der Waals surface area contributed by atoms with E-state index < -0.39 is 0 Å². The first kappa shape index (κ1) is 13.8. The molecule has 0 amide bonds. The average molecular weight is 271 g/mol. The van der Waals surface area contributed by atoms with Crippen molar-refractivity contribution in [1.82, 2.24) is 4.90 Å². The molecule has 100 valence electrons. The van der Waals surface area contributed by atoms with Crippen LogP contribution >= 0.6 is 11.6 Å². The normalized spacial score (nSPS) is 25.3. The molecule has 1 aliphatic heterocycles. The van der Waals surface area contributed by atoms with Crippen LogP contribution in [0.1, 0.15) is 18.9 Å². The third kappa shape index (κ3) is 3.02. The van der Waals surface area contributed by atoms with Crippen molar-refractivity contribution < 1.29 is 4.39 Å². The van der Waals surface area contributed by atoms with Gasteiger partial charge in [-0.3, -0.25) is 4.90 Å². The monoisotopic (exact) mass is 270 g/mol. The van der Waals surface area contributed by atoms with Gasteiger partial charge in [0.15, 0.2) is 0 Å². The van der Waals surface area contributed by atoms with Gasteiger partial charge in [0.05, 0.1) is 0 Å². The number of halogens is 2. The largest absolute Gasteiger partial charge is 0.330 e. The van der Waals surface area contributed by atoms with E-state index in [-0.39, 0.29) is 5.82 Å². The van der Waals surface area contributed by atoms with Gasteiger partial charge in [0, 0.05) is 23.7 Å². The number of benzene rings is 1. The third-order valence-electron chi connectivity index (χ3n) is 3.94. The van der Waals surface area contributed by atoms with Crippen LogP contribution in [0.25, 0.3) is 0 Å². The number of nitrogens with zero attached hydrogens (tertiary/aromatic N) is 1. The summed E-state index contributed by atoms with van der Waals surface area (Å²) in [6.07, 6.45) is 1.12. The van der Waals surface area contributed by atoms with E-state index >= 15 is 0 Å². The first-order chi connectivity index (χ1) is 8.61. The molecule has 2 nitrogen and oxygen atoms in total. The summed E-state index contributed by atoms with van der Waals surface area (Å²) in [4.78, 5) is 2.25. The van der Waals surface area contributed by atoms with Crippen LogP contribution < -0.4 is 5.73 Å². The zero-order chi connectivity index (χ0) is 13.1. The highest BCUT2D eigenvalue weighted by molar-refractivity contribution is 6.31. The molecule has 1 heterocycles. The molecule has 2 unspecified atom stereocenters. The van der Waals surface area contributed by atoms with Crippen LogP contribution in [-0.2, 0) is 6.54 Å². The zero-order valence-electron chi connectivity index (χ0n) is 10.7. The topological polar surface area (TPSA) is 29.3 Å². The predicted octanol–water partition coefficient (Wildman–Crippen LogP) is 2.90. The Labute approximate surface area is 113 Å². The molecule has 0 radical (unpaired) electrons. The zero-order valence-corrected chi connectivity index (χ0v) is 11.5. The molecule has 0 bridgehead atoms. The Kier molecular flexibility index (Phi) is 4.60. The van der Waals surface area contributed by atoms with Crippen LogP contribution in [-0.4, -0.2) is 24.5 Å². The van der Waals surface area contributed by atoms with Crippen molar-refractivity contribution in [2.45, 2.75) is 19.9 Å². The molecule has 1 aromatic rings. The van der Waals surface area contributed by atoms with Crippen LogP contribution in [0.3, 0.4) is 0 Å². The quantitative estimate of drug-likeness (QED) is 0.915. The van der Waals surface area contributed by atoms with Gasteiger partial charge in [-0.2, -0.15) is 0 Å². The molecule has 1 saturated heterocycles. The Morgan fingerprint density at radius 1 is 1.50 bits per heavy atom. The van der Waals surface area contributed by atoms with Crippen LogP contribution in [0, 0.1) is 17.7 Å². The molecule has 0 saturated carbocycles. The van der Waals surface area contributed by atoms with E-state index in [0.29, 0.717) is 35.5 Å². The number of nitrogens with two attached hydrogens (primary N) is 1. The van der Waals surface area contributed by atoms with Crippen molar-refractivity contribution in [1.29, 1.82) is 0 Å². The Hall–Kier alpha value is -0.640. The van der Waals surface area contributed by atoms with E-state index in [0.717, 1.165) is 19.5 Å². The Bertz CT molecular complexity index is 391. The predicted molar refractivity (Wildman–Crippen MR) is 73.0 cm³/mol. The lowest BCUT2D eigenvalue weighted by Gasteiger charge is -2.36. The van der Waals surface area contributed by atoms with E-state index in [1.54, 1.807) is 12.1 Å². The molecule has 2 atom stereocenters. The maximum Gasteiger partial charge on any atom is 0.129 e. The Balaban J connectivity index is 2.06. The highest BCUT2D eigenvalue weighted by atomic mass is 35.5. The second-order valence-corrected chi connectivity index (χ2v) is 5.60. The molecule has 0 spiro atoms. The van der Waals surface area contributed by atoms with Gasteiger partial charge in [-0.05, 0) is 43.5 Å². The van der Waals surface area contributed by atoms with Gasteiger partial charge in [0.25, 0.3) is 0 Å². The molecule has 1 aromatic carbocycles. The average Bonchev–Trinajstić information content (AvgIpc) is 2.36. The van der Waals surface area contributed by atoms with Crippen LogP contribution in [0.5, 0.6) is 0 Å². The van der Waals surface area contributed by atoms with Crippen LogP contribution in [0.15, 0.2) is 18.2 Å². The van der Waals surface area contributed by atoms with E-state index in [2.05, 4.69) is 11.8 Å². The molecule has 0 aromatic heterocycles. The lowest BCUT2D eigenvalue weighted by molar-refractivity contribution is 0.125. The Morgan fingerprint density at radius 2 is 2.28 bits per heavy atom. The summed E-state index contributed by atoms with van der Waals surface area (Å²) >= 11 is 6.06. The standard InChI is InChI=1S/C14H20ClFN2/c1-10-5-6-18(8-11(10)7-17)9-12-13(15)3-2-4-14(12)16/h2-4,10-11H,5-9,17H2,1H3. The maximum absolute atomic E-state index is 13.7. The van der Waals surface area contributed by atoms with Gasteiger partial charge in [0.1, 0.15) is 5.82 Å². The number of hydrogen-bond donors (Lipinski definition) is 1. The van der Waals surface area contributed by atoms with Crippen LogP contribution in [0.4, 0.5) is 4.39 Å². The fourth-order valence-corrected chi connectivity index (χ4v) is 2.81. The lowest BCUT2D eigenvalue weighted by atomic mass is 9.87. The van der Waals surface area contributed by atoms with Crippen molar-refractivity contribution in [2.24, 2.45) is 17.6 Å². The fraction of sp³-hybridized carbons (Fsp3) is 0.571. The molecule has 1 aliphatic rings. The molecule has 2 rings (SSSR count). The summed E-state index contributed by atoms with van der Waals surface area (Å²) < 4.78 is 13.7. The summed E-state index contributed by atoms with van der Waals surface area (Å²) in [5.41, 5.74) is 6.38. The second-order valence-electron chi connectivity index (χ2n) is 5.20. The maximum atomic E-state index is 13.7. The first-order valence-electron chi connectivity index (χ1n) is 6.47. The van der Waals surface area contributed by atoms with Crippen molar-refractivity contribution in [3.05, 3.63) is 34.6 Å². The fourth-order valence-electron chi connectivity index (χ4n) is 2.58. The van der Waals surface area contributed by atoms with Crippen molar-refractivity contribution in [3.8, 4) is 0 Å². The summed E-state index contributed by atoms with van der Waals surface area (Å²) in [6, 6.07) is 4.85. The van der Waals surface area contributed by atoms with Crippen molar-refractivity contribution in [3.63, 3.8) is 0 Å². The minimum atomic E-state index is -0.217. The molecular formula is C14H20ClFN2. The smallest absolute Gasteiger partial charge is 0.129 e. The number of hydrogen-bond acceptors (Lipinski definition) is 2. The van der Waals surface area contributed by atoms with Crippen molar-refractivity contribution >= 4 is 11.6 Å². The molecule has 4 heteroatoms. The van der Waals surface area contributed by atoms with Gasteiger partial charge in [-0.1, -0.05) is 24.6 Å². The summed E-state index contributed by atoms with van der Waals surface area (Å²) in [5.74, 6) is 0.942. The van der Waals surface area contributed by atoms with Gasteiger partial charge >= 0.3 is 0 Å². The van der Waals surface area contributed by atoms with Crippen molar-refractivity contribution in [2.75, 3.05) is 19.6 Å². The lowest BCUT2D eigenvalue weighted by Crippen LogP contribution is -2.42. The highest BCUT2D eigenvalue weighted by Crippen LogP contribution is 2.26. The van der Waals surface area contributed by atoms with Gasteiger partial charge in [-0.25, -0.2) is 4.39 Å². The minimum absolute atomic E-state index is 0.217. The van der Waals surface area contributed by atoms with Gasteiger partial charge < -0.3 is 5.73 Å². The SMILES string of the molecule is CC1CCN(Cc2c(F)cccc2Cl)CC1CN. The number of piperidine rings is 1. The molecule has 2 N–H and O–H groups in total. The van der Waals surface area contributed by atoms with E-state index in [1.807, 2.05) is 0 Å². The Morgan fingerprint density at radius 3 is 2.94 bits per heavy atom. The summed E-state index contributed by atoms with van der Waals surface area (Å²) in [5, 5.41) is 0.512. The minimum Gasteiger partial charge on any atom is -0.330 e. The molecule has 0 aliphatic carbocycles. The van der Waals surface area contributed by atoms with Crippen LogP contribution in [0.2, 0.25) is 5.02 Å². The van der Waals surface area contributed by atoms with E-state index in [4.69, 9.17) is 17.3 Å². The molecule has 18 heavy (non-hydrogen) atoms. The second kappa shape index (κ2) is 6.00. The highest BCUT2D eigenvalue weighted by Gasteiger charge is 2.25. The third-order valence-corrected chi connectivity index (χ3v) is 4.30. The summed E-state index contributed by atoms with van der Waals surface area (Å²) in [6.45, 7) is 5.44. The molecular weight excluding hydrogens is 251 g/mol. The van der Waals surface area contributed by atoms with E-state index in [1.165, 1.54) is 6.07 Å². The van der Waals surface area contributed by atoms with Gasteiger partial charge in [-0.15, -0.1) is 0 Å².